The molecule has 1 rings (SSSR count). The van der Waals surface area contributed by atoms with Crippen molar-refractivity contribution in [2.45, 2.75) is 25.9 Å². The lowest BCUT2D eigenvalue weighted by molar-refractivity contribution is -0.122. The molecule has 3 nitrogen and oxygen atoms in total. The molecule has 13 heavy (non-hydrogen) atoms. The molecular formula is C9H14N2OS. The zero-order valence-corrected chi connectivity index (χ0v) is 8.43. The third kappa shape index (κ3) is 3.16. The molecule has 1 aromatic rings. The second-order valence-electron chi connectivity index (χ2n) is 2.86. The maximum atomic E-state index is 11.2. The number of nitrogens with two attached hydrogens (primary N) is 1. The highest BCUT2D eigenvalue weighted by Crippen LogP contribution is 2.04. The van der Waals surface area contributed by atoms with E-state index in [0.29, 0.717) is 13.0 Å². The first kappa shape index (κ1) is 10.2. The lowest BCUT2D eigenvalue weighted by atomic mass is 10.2. The number of hydrogen-bond acceptors (Lipinski definition) is 3. The third-order valence-corrected chi connectivity index (χ3v) is 2.56. The first-order valence-electron chi connectivity index (χ1n) is 4.28. The molecule has 0 spiro atoms. The molecule has 1 heterocycles. The van der Waals surface area contributed by atoms with E-state index in [1.54, 1.807) is 11.3 Å². The van der Waals surface area contributed by atoms with Gasteiger partial charge in [-0.2, -0.15) is 11.3 Å². The van der Waals surface area contributed by atoms with Gasteiger partial charge in [-0.25, -0.2) is 0 Å². The van der Waals surface area contributed by atoms with E-state index in [1.165, 1.54) is 0 Å². The van der Waals surface area contributed by atoms with E-state index in [2.05, 4.69) is 5.32 Å². The van der Waals surface area contributed by atoms with Crippen LogP contribution in [0.3, 0.4) is 0 Å². The summed E-state index contributed by atoms with van der Waals surface area (Å²) in [7, 11) is 0. The second-order valence-corrected chi connectivity index (χ2v) is 3.64. The van der Waals surface area contributed by atoms with E-state index in [0.717, 1.165) is 5.56 Å². The van der Waals surface area contributed by atoms with E-state index in [9.17, 15) is 4.79 Å². The quantitative estimate of drug-likeness (QED) is 0.761. The van der Waals surface area contributed by atoms with E-state index in [-0.39, 0.29) is 11.9 Å². The van der Waals surface area contributed by atoms with Crippen LogP contribution in [0.15, 0.2) is 16.8 Å². The summed E-state index contributed by atoms with van der Waals surface area (Å²) in [6.07, 6.45) is 0.676. The van der Waals surface area contributed by atoms with Crippen LogP contribution in [0.4, 0.5) is 0 Å². The summed E-state index contributed by atoms with van der Waals surface area (Å²) in [5, 5.41) is 6.78. The largest absolute Gasteiger partial charge is 0.351 e. The molecule has 0 aliphatic carbocycles. The fourth-order valence-electron chi connectivity index (χ4n) is 0.899. The van der Waals surface area contributed by atoms with Gasteiger partial charge in [0.15, 0.2) is 0 Å². The van der Waals surface area contributed by atoms with Crippen LogP contribution in [0.5, 0.6) is 0 Å². The first-order chi connectivity index (χ1) is 6.24. The van der Waals surface area contributed by atoms with Crippen LogP contribution in [0.2, 0.25) is 0 Å². The summed E-state index contributed by atoms with van der Waals surface area (Å²) in [6.45, 7) is 2.48. The minimum absolute atomic E-state index is 0.0753. The Morgan fingerprint density at radius 1 is 1.77 bits per heavy atom. The van der Waals surface area contributed by atoms with Crippen molar-refractivity contribution in [3.05, 3.63) is 22.4 Å². The molecule has 0 aliphatic heterocycles. The zero-order chi connectivity index (χ0) is 9.68. The molecule has 0 aromatic carbocycles. The zero-order valence-electron chi connectivity index (χ0n) is 7.62. The van der Waals surface area contributed by atoms with Crippen LogP contribution in [-0.4, -0.2) is 11.9 Å². The summed E-state index contributed by atoms with van der Waals surface area (Å²) in [4.78, 5) is 11.2. The van der Waals surface area contributed by atoms with Gasteiger partial charge in [0.1, 0.15) is 0 Å². The van der Waals surface area contributed by atoms with Gasteiger partial charge in [-0.05, 0) is 28.8 Å². The maximum absolute atomic E-state index is 11.2. The van der Waals surface area contributed by atoms with Crippen molar-refractivity contribution in [3.63, 3.8) is 0 Å². The Bertz CT molecular complexity index is 259. The van der Waals surface area contributed by atoms with E-state index in [4.69, 9.17) is 5.73 Å². The van der Waals surface area contributed by atoms with Crippen LogP contribution in [0, 0.1) is 0 Å². The van der Waals surface area contributed by atoms with Crippen molar-refractivity contribution >= 4 is 17.2 Å². The molecule has 0 unspecified atom stereocenters. The summed E-state index contributed by atoms with van der Waals surface area (Å²) >= 11 is 1.62. The van der Waals surface area contributed by atoms with Crippen molar-refractivity contribution in [3.8, 4) is 0 Å². The molecule has 4 heteroatoms. The van der Waals surface area contributed by atoms with Gasteiger partial charge in [-0.15, -0.1) is 0 Å². The molecule has 0 aliphatic rings. The van der Waals surface area contributed by atoms with Crippen LogP contribution in [-0.2, 0) is 11.3 Å². The van der Waals surface area contributed by atoms with Crippen molar-refractivity contribution < 1.29 is 4.79 Å². The van der Waals surface area contributed by atoms with Gasteiger partial charge in [0.2, 0.25) is 5.91 Å². The van der Waals surface area contributed by atoms with Crippen LogP contribution >= 0.6 is 11.3 Å². The fourth-order valence-corrected chi connectivity index (χ4v) is 1.57. The van der Waals surface area contributed by atoms with Gasteiger partial charge in [0, 0.05) is 6.54 Å². The van der Waals surface area contributed by atoms with Gasteiger partial charge in [0.25, 0.3) is 0 Å². The smallest absolute Gasteiger partial charge is 0.237 e. The number of hydrogen-bond donors (Lipinski definition) is 2. The molecule has 1 amide bonds. The predicted molar refractivity (Wildman–Crippen MR) is 54.4 cm³/mol. The molecule has 0 saturated heterocycles. The molecule has 0 saturated carbocycles. The molecule has 0 bridgehead atoms. The number of carbonyl (C=O) groups excluding carboxylic acids is 1. The third-order valence-electron chi connectivity index (χ3n) is 1.82. The summed E-state index contributed by atoms with van der Waals surface area (Å²) in [6, 6.07) is 1.61. The van der Waals surface area contributed by atoms with Crippen molar-refractivity contribution in [2.75, 3.05) is 0 Å². The molecule has 0 fully saturated rings. The second kappa shape index (κ2) is 4.99. The van der Waals surface area contributed by atoms with Crippen LogP contribution in [0.1, 0.15) is 18.9 Å². The first-order valence-corrected chi connectivity index (χ1v) is 5.22. The number of amides is 1. The summed E-state index contributed by atoms with van der Waals surface area (Å²) in [5.74, 6) is -0.0753. The molecular weight excluding hydrogens is 184 g/mol. The minimum Gasteiger partial charge on any atom is -0.351 e. The summed E-state index contributed by atoms with van der Waals surface area (Å²) < 4.78 is 0. The van der Waals surface area contributed by atoms with Gasteiger partial charge >= 0.3 is 0 Å². The minimum atomic E-state index is -0.376. The number of nitrogens with one attached hydrogen (secondary N) is 1. The van der Waals surface area contributed by atoms with Crippen molar-refractivity contribution in [1.29, 1.82) is 0 Å². The van der Waals surface area contributed by atoms with Crippen LogP contribution in [0.25, 0.3) is 0 Å². The number of carbonyl (C=O) groups is 1. The predicted octanol–water partition coefficient (Wildman–Crippen LogP) is 1.10. The Kier molecular flexibility index (Phi) is 3.92. The highest BCUT2D eigenvalue weighted by molar-refractivity contribution is 7.07. The standard InChI is InChI=1S/C9H14N2OS/c1-2-8(10)9(12)11-5-7-3-4-13-6-7/h3-4,6,8H,2,5,10H2,1H3,(H,11,12)/t8-/m0/s1. The number of thiophene rings is 1. The SMILES string of the molecule is CC[C@H](N)C(=O)NCc1ccsc1. The molecule has 3 N–H and O–H groups in total. The average Bonchev–Trinajstić information content (AvgIpc) is 2.65. The van der Waals surface area contributed by atoms with E-state index in [1.807, 2.05) is 23.8 Å². The van der Waals surface area contributed by atoms with Gasteiger partial charge < -0.3 is 11.1 Å². The lowest BCUT2D eigenvalue weighted by Gasteiger charge is -2.08. The van der Waals surface area contributed by atoms with Gasteiger partial charge in [0.05, 0.1) is 6.04 Å². The highest BCUT2D eigenvalue weighted by Gasteiger charge is 2.09. The lowest BCUT2D eigenvalue weighted by Crippen LogP contribution is -2.39. The molecule has 1 atom stereocenters. The molecule has 72 valence electrons. The Morgan fingerprint density at radius 2 is 2.54 bits per heavy atom. The Hall–Kier alpha value is -0.870. The van der Waals surface area contributed by atoms with Crippen molar-refractivity contribution in [1.82, 2.24) is 5.32 Å². The average molecular weight is 198 g/mol. The van der Waals surface area contributed by atoms with Gasteiger partial charge in [-0.1, -0.05) is 6.92 Å². The van der Waals surface area contributed by atoms with E-state index >= 15 is 0 Å². The molecule has 1 aromatic heterocycles. The Morgan fingerprint density at radius 3 is 3.08 bits per heavy atom. The normalized spacial score (nSPS) is 12.5. The Labute approximate surface area is 81.9 Å². The topological polar surface area (TPSA) is 55.1 Å². The number of rotatable bonds is 4. The molecule has 0 radical (unpaired) electrons. The van der Waals surface area contributed by atoms with Gasteiger partial charge in [-0.3, -0.25) is 4.79 Å². The van der Waals surface area contributed by atoms with E-state index < -0.39 is 0 Å². The highest BCUT2D eigenvalue weighted by atomic mass is 32.1. The fraction of sp³-hybridized carbons (Fsp3) is 0.444. The summed E-state index contributed by atoms with van der Waals surface area (Å²) in [5.41, 5.74) is 6.67. The Balaban J connectivity index is 2.31. The maximum Gasteiger partial charge on any atom is 0.237 e. The van der Waals surface area contributed by atoms with Crippen molar-refractivity contribution in [2.24, 2.45) is 5.73 Å². The monoisotopic (exact) mass is 198 g/mol. The van der Waals surface area contributed by atoms with Crippen LogP contribution < -0.4 is 11.1 Å².